The highest BCUT2D eigenvalue weighted by Crippen LogP contribution is 2.22. The Kier molecular flexibility index (Phi) is 2.78. The summed E-state index contributed by atoms with van der Waals surface area (Å²) in [6, 6.07) is -10.2. The molecule has 0 aliphatic rings. The molecule has 150 valence electrons. The summed E-state index contributed by atoms with van der Waals surface area (Å²) in [5.41, 5.74) is -4.09. The van der Waals surface area contributed by atoms with Crippen molar-refractivity contribution >= 4 is 5.97 Å². The largest absolute Gasteiger partial charge is 0.478 e. The van der Waals surface area contributed by atoms with Gasteiger partial charge in [-0.15, -0.1) is 0 Å². The minimum absolute atomic E-state index is 0.233. The molecular formula is C25H27NO3. The van der Waals surface area contributed by atoms with Crippen LogP contribution in [0.2, 0.25) is 0 Å². The van der Waals surface area contributed by atoms with Crippen LogP contribution < -0.4 is 5.32 Å². The molecule has 0 radical (unpaired) electrons. The smallest absolute Gasteiger partial charge is 0.335 e. The number of hydrogen-bond donors (Lipinski definition) is 3. The van der Waals surface area contributed by atoms with E-state index in [0.717, 1.165) is 0 Å². The third kappa shape index (κ3) is 6.01. The lowest BCUT2D eigenvalue weighted by Crippen LogP contribution is -2.22. The van der Waals surface area contributed by atoms with Gasteiger partial charge < -0.3 is 15.5 Å². The highest BCUT2D eigenvalue weighted by molar-refractivity contribution is 5.89. The molecule has 0 aliphatic heterocycles. The van der Waals surface area contributed by atoms with E-state index >= 15 is 0 Å². The fourth-order valence-corrected chi connectivity index (χ4v) is 2.18. The first kappa shape index (κ1) is 8.05. The zero-order chi connectivity index (χ0) is 35.6. The summed E-state index contributed by atoms with van der Waals surface area (Å²) in [5.74, 6) is -1.80. The Hall–Kier alpha value is -2.95. The van der Waals surface area contributed by atoms with Crippen LogP contribution >= 0.6 is 0 Å². The molecule has 0 unspecified atom stereocenters. The Morgan fingerprint density at radius 2 is 1.83 bits per heavy atom. The number of benzene rings is 3. The van der Waals surface area contributed by atoms with Gasteiger partial charge in [0.05, 0.1) is 29.5 Å². The molecule has 0 aliphatic carbocycles. The summed E-state index contributed by atoms with van der Waals surface area (Å²) in [6.07, 6.45) is -5.03. The molecule has 0 saturated heterocycles. The standard InChI is InChI=1S/C25H27NO3/c1-18-6-2-11-22(14-18)24(27)17-26-13-5-8-19-7-3-9-20(15-19)21-10-4-12-23(16-21)25(28)29/h2-4,6-7,9-12,14-16,24,26-27H,5,8,13,17H2,1H3,(H,28,29)/t24-/m0/s1/i2D,3D,4D,6D,7D,9D,10D,11D,12D,13D2,14D,15D,16D,17D2,24D. The van der Waals surface area contributed by atoms with E-state index in [2.05, 4.69) is 0 Å². The van der Waals surface area contributed by atoms with Gasteiger partial charge in [-0.1, -0.05) is 66.0 Å². The van der Waals surface area contributed by atoms with Crippen LogP contribution in [0.3, 0.4) is 0 Å². The summed E-state index contributed by atoms with van der Waals surface area (Å²) in [4.78, 5) is 11.7. The van der Waals surface area contributed by atoms with E-state index in [1.807, 2.05) is 0 Å². The molecule has 0 aromatic heterocycles. The van der Waals surface area contributed by atoms with Crippen molar-refractivity contribution in [1.29, 1.82) is 0 Å². The number of hydrogen-bond acceptors (Lipinski definition) is 3. The van der Waals surface area contributed by atoms with E-state index in [0.29, 0.717) is 0 Å². The second-order valence-corrected chi connectivity index (χ2v) is 5.68. The molecule has 4 nitrogen and oxygen atoms in total. The first-order valence-corrected chi connectivity index (χ1v) is 8.36. The monoisotopic (exact) mass is 406 g/mol. The summed E-state index contributed by atoms with van der Waals surface area (Å²) in [5, 5.41) is 22.2. The molecule has 3 N–H and O–H groups in total. The molecule has 1 atom stereocenters. The van der Waals surface area contributed by atoms with Crippen LogP contribution in [0.25, 0.3) is 11.1 Å². The Morgan fingerprint density at radius 1 is 1.10 bits per heavy atom. The average Bonchev–Trinajstić information content (AvgIpc) is 2.93. The van der Waals surface area contributed by atoms with Crippen LogP contribution in [-0.2, 0) is 6.42 Å². The zero-order valence-electron chi connectivity index (χ0n) is 32.2. The molecule has 3 aromatic carbocycles. The lowest BCUT2D eigenvalue weighted by molar-refractivity contribution is 0.0697. The normalized spacial score (nSPS) is 22.3. The second-order valence-electron chi connectivity index (χ2n) is 5.68. The van der Waals surface area contributed by atoms with Crippen molar-refractivity contribution in [2.24, 2.45) is 0 Å². The van der Waals surface area contributed by atoms with Gasteiger partial charge in [0.25, 0.3) is 0 Å². The molecule has 0 amide bonds. The zero-order valence-corrected chi connectivity index (χ0v) is 15.2. The number of carboxylic acid groups (broad SMARTS) is 1. The summed E-state index contributed by atoms with van der Waals surface area (Å²) in [7, 11) is 0. The van der Waals surface area contributed by atoms with E-state index < -0.39 is 138 Å². The Bertz CT molecular complexity index is 1750. The van der Waals surface area contributed by atoms with Crippen LogP contribution in [0, 0.1) is 6.92 Å². The number of aliphatic hydroxyl groups is 1. The molecule has 0 fully saturated rings. The third-order valence-corrected chi connectivity index (χ3v) is 3.52. The van der Waals surface area contributed by atoms with E-state index in [4.69, 9.17) is 23.3 Å². The van der Waals surface area contributed by atoms with Crippen LogP contribution in [-0.4, -0.2) is 29.2 Å². The van der Waals surface area contributed by atoms with Gasteiger partial charge in [0.2, 0.25) is 0 Å². The quantitative estimate of drug-likeness (QED) is 0.485. The second kappa shape index (κ2) is 10.0. The Morgan fingerprint density at radius 3 is 2.62 bits per heavy atom. The van der Waals surface area contributed by atoms with Crippen molar-refractivity contribution < 1.29 is 38.3 Å². The minimum atomic E-state index is -3.55. The van der Waals surface area contributed by atoms with Crippen molar-refractivity contribution in [3.63, 3.8) is 0 Å². The summed E-state index contributed by atoms with van der Waals surface area (Å²) < 4.78 is 139. The van der Waals surface area contributed by atoms with Gasteiger partial charge >= 0.3 is 5.97 Å². The fraction of sp³-hybridized carbons (Fsp3) is 0.240. The van der Waals surface area contributed by atoms with E-state index in [-0.39, 0.29) is 5.56 Å². The third-order valence-electron chi connectivity index (χ3n) is 3.52. The van der Waals surface area contributed by atoms with Gasteiger partial charge in [-0.25, -0.2) is 4.79 Å². The van der Waals surface area contributed by atoms with Crippen LogP contribution in [0.5, 0.6) is 0 Å². The van der Waals surface area contributed by atoms with E-state index in [9.17, 15) is 15.0 Å². The van der Waals surface area contributed by atoms with Gasteiger partial charge in [-0.2, -0.15) is 0 Å². The maximum absolute atomic E-state index is 11.7. The number of carboxylic acids is 1. The molecule has 0 spiro atoms. The molecule has 29 heavy (non-hydrogen) atoms. The first-order chi connectivity index (χ1) is 20.8. The van der Waals surface area contributed by atoms with Crippen molar-refractivity contribution in [2.45, 2.75) is 25.8 Å². The lowest BCUT2D eigenvalue weighted by Gasteiger charge is -2.13. The van der Waals surface area contributed by atoms with E-state index in [1.165, 1.54) is 6.92 Å². The predicted molar refractivity (Wildman–Crippen MR) is 116 cm³/mol. The van der Waals surface area contributed by atoms with Crippen LogP contribution in [0.15, 0.2) is 72.5 Å². The first-order valence-electron chi connectivity index (χ1n) is 16.9. The average molecular weight is 407 g/mol. The SMILES string of the molecule is [2H]c1c([2H])c(CCC([2H])([2H])NC([2H])([2H])[C@]([2H])(O)c2c([2H])c([2H])c([2H])c(C)c2[2H])c([2H])c(-c2c([2H])c([2H])c([2H])c(C(=O)O)c2[2H])c1[2H]. The molecule has 4 heteroatoms. The Balaban J connectivity index is 2.09. The van der Waals surface area contributed by atoms with Crippen molar-refractivity contribution in [1.82, 2.24) is 5.32 Å². The number of nitrogens with one attached hydrogen (secondary N) is 1. The minimum Gasteiger partial charge on any atom is -0.478 e. The van der Waals surface area contributed by atoms with Crippen molar-refractivity contribution in [2.75, 3.05) is 13.0 Å². The van der Waals surface area contributed by atoms with Crippen LogP contribution in [0.1, 0.15) is 62.9 Å². The maximum atomic E-state index is 11.7. The van der Waals surface area contributed by atoms with Crippen molar-refractivity contribution in [3.8, 4) is 11.1 Å². The van der Waals surface area contributed by atoms with Crippen LogP contribution in [0.4, 0.5) is 0 Å². The topological polar surface area (TPSA) is 69.6 Å². The molecule has 3 rings (SSSR count). The number of aromatic carboxylic acids is 1. The molecule has 0 bridgehead atoms. The van der Waals surface area contributed by atoms with Crippen molar-refractivity contribution in [3.05, 3.63) is 94.8 Å². The molecule has 0 heterocycles. The fourth-order valence-electron chi connectivity index (χ4n) is 2.18. The summed E-state index contributed by atoms with van der Waals surface area (Å²) >= 11 is 0. The Labute approximate surface area is 195 Å². The van der Waals surface area contributed by atoms with Gasteiger partial charge in [-0.05, 0) is 60.6 Å². The molecular weight excluding hydrogens is 362 g/mol. The molecule has 0 saturated carbocycles. The predicted octanol–water partition coefficient (Wildman–Crippen LogP) is 4.62. The lowest BCUT2D eigenvalue weighted by atomic mass is 9.99. The van der Waals surface area contributed by atoms with Gasteiger partial charge in [-0.3, -0.25) is 0 Å². The molecule has 3 aromatic rings. The highest BCUT2D eigenvalue weighted by atomic mass is 16.4. The van der Waals surface area contributed by atoms with Gasteiger partial charge in [0, 0.05) is 12.0 Å². The van der Waals surface area contributed by atoms with E-state index in [1.54, 1.807) is 5.32 Å². The van der Waals surface area contributed by atoms with Gasteiger partial charge in [0.1, 0.15) is 0 Å². The number of carbonyl (C=O) groups is 1. The number of rotatable bonds is 9. The maximum Gasteiger partial charge on any atom is 0.335 e. The summed E-state index contributed by atoms with van der Waals surface area (Å²) in [6.45, 7) is -5.17. The highest BCUT2D eigenvalue weighted by Gasteiger charge is 2.07. The van der Waals surface area contributed by atoms with Gasteiger partial charge in [0.15, 0.2) is 0 Å².